The van der Waals surface area contributed by atoms with Crippen LogP contribution in [0.2, 0.25) is 0 Å². The summed E-state index contributed by atoms with van der Waals surface area (Å²) in [5, 5.41) is 4.54. The van der Waals surface area contributed by atoms with Gasteiger partial charge in [0, 0.05) is 50.8 Å². The van der Waals surface area contributed by atoms with Gasteiger partial charge in [-0.15, -0.1) is 0 Å². The molecule has 0 spiro atoms. The van der Waals surface area contributed by atoms with Gasteiger partial charge in [0.25, 0.3) is 5.91 Å². The summed E-state index contributed by atoms with van der Waals surface area (Å²) in [6, 6.07) is 5.70. The zero-order valence-corrected chi connectivity index (χ0v) is 18.1. The van der Waals surface area contributed by atoms with E-state index in [0.29, 0.717) is 35.8 Å². The predicted molar refractivity (Wildman–Crippen MR) is 117 cm³/mol. The van der Waals surface area contributed by atoms with Crippen LogP contribution in [0, 0.1) is 13.8 Å². The van der Waals surface area contributed by atoms with Gasteiger partial charge in [0.15, 0.2) is 0 Å². The number of hydrogen-bond acceptors (Lipinski definition) is 7. The standard InChI is InChI=1S/C23H22N6O3/c1-13-4-5-19-16(8-13)21(30)18(11-28(19)3)23(31)29-7-6-15(10-29)20-17(9-24-12-25-20)22-26-14(2)32-27-22/h4-5,8-9,11-12,15H,6-7,10H2,1-3H3. The lowest BCUT2D eigenvalue weighted by atomic mass is 10.00. The molecule has 4 heterocycles. The van der Waals surface area contributed by atoms with E-state index in [0.717, 1.165) is 23.2 Å². The van der Waals surface area contributed by atoms with Crippen LogP contribution in [0.1, 0.15) is 39.8 Å². The highest BCUT2D eigenvalue weighted by Crippen LogP contribution is 2.32. The first-order valence-corrected chi connectivity index (χ1v) is 10.4. The van der Waals surface area contributed by atoms with Crippen molar-refractivity contribution in [3.63, 3.8) is 0 Å². The number of carbonyl (C=O) groups excluding carboxylic acids is 1. The van der Waals surface area contributed by atoms with Crippen LogP contribution in [-0.4, -0.2) is 48.6 Å². The summed E-state index contributed by atoms with van der Waals surface area (Å²) in [6.45, 7) is 4.65. The van der Waals surface area contributed by atoms with E-state index in [4.69, 9.17) is 4.52 Å². The Morgan fingerprint density at radius 2 is 2.09 bits per heavy atom. The largest absolute Gasteiger partial charge is 0.350 e. The number of carbonyl (C=O) groups is 1. The number of amides is 1. The van der Waals surface area contributed by atoms with E-state index in [1.54, 1.807) is 24.2 Å². The summed E-state index contributed by atoms with van der Waals surface area (Å²) in [5.74, 6) is 0.617. The van der Waals surface area contributed by atoms with Gasteiger partial charge in [-0.3, -0.25) is 9.59 Å². The molecule has 9 nitrogen and oxygen atoms in total. The van der Waals surface area contributed by atoms with Gasteiger partial charge in [-0.05, 0) is 25.5 Å². The maximum atomic E-state index is 13.3. The number of rotatable bonds is 3. The zero-order chi connectivity index (χ0) is 22.4. The van der Waals surface area contributed by atoms with Crippen molar-refractivity contribution in [3.8, 4) is 11.4 Å². The van der Waals surface area contributed by atoms with Gasteiger partial charge in [0.1, 0.15) is 11.9 Å². The first-order chi connectivity index (χ1) is 15.4. The quantitative estimate of drug-likeness (QED) is 0.492. The second-order valence-corrected chi connectivity index (χ2v) is 8.20. The average Bonchev–Trinajstić information content (AvgIpc) is 3.45. The van der Waals surface area contributed by atoms with Crippen LogP contribution in [-0.2, 0) is 7.05 Å². The van der Waals surface area contributed by atoms with Crippen molar-refractivity contribution in [2.24, 2.45) is 7.05 Å². The molecule has 1 fully saturated rings. The predicted octanol–water partition coefficient (Wildman–Crippen LogP) is 2.63. The van der Waals surface area contributed by atoms with Gasteiger partial charge in [-0.2, -0.15) is 4.98 Å². The highest BCUT2D eigenvalue weighted by Gasteiger charge is 2.32. The van der Waals surface area contributed by atoms with E-state index in [1.165, 1.54) is 6.33 Å². The molecule has 0 N–H and O–H groups in total. The Kier molecular flexibility index (Phi) is 4.80. The monoisotopic (exact) mass is 430 g/mol. The summed E-state index contributed by atoms with van der Waals surface area (Å²) in [6.07, 6.45) is 5.50. The normalized spacial score (nSPS) is 16.1. The van der Waals surface area contributed by atoms with Gasteiger partial charge in [-0.25, -0.2) is 9.97 Å². The van der Waals surface area contributed by atoms with Crippen LogP contribution in [0.4, 0.5) is 0 Å². The molecule has 1 aliphatic rings. The van der Waals surface area contributed by atoms with Gasteiger partial charge in [-0.1, -0.05) is 16.8 Å². The van der Waals surface area contributed by atoms with Crippen LogP contribution in [0.15, 0.2) is 46.2 Å². The molecule has 5 rings (SSSR count). The minimum absolute atomic E-state index is 0.0118. The van der Waals surface area contributed by atoms with Crippen molar-refractivity contribution in [2.75, 3.05) is 13.1 Å². The lowest BCUT2D eigenvalue weighted by Gasteiger charge is -2.18. The highest BCUT2D eigenvalue weighted by molar-refractivity contribution is 5.97. The Labute approximate surface area is 183 Å². The molecule has 0 bridgehead atoms. The number of aromatic nitrogens is 5. The molecule has 1 amide bonds. The molecule has 0 radical (unpaired) electrons. The van der Waals surface area contributed by atoms with Crippen LogP contribution < -0.4 is 5.43 Å². The SMILES string of the molecule is Cc1ccc2c(c1)c(=O)c(C(=O)N1CCC(c3ncncc3-c3noc(C)n3)C1)cn2C. The van der Waals surface area contributed by atoms with Crippen molar-refractivity contribution >= 4 is 16.8 Å². The summed E-state index contributed by atoms with van der Waals surface area (Å²) < 4.78 is 6.93. The maximum absolute atomic E-state index is 13.3. The molecule has 3 aromatic heterocycles. The van der Waals surface area contributed by atoms with E-state index < -0.39 is 0 Å². The fourth-order valence-corrected chi connectivity index (χ4v) is 4.34. The second kappa shape index (κ2) is 7.67. The van der Waals surface area contributed by atoms with E-state index in [-0.39, 0.29) is 22.8 Å². The van der Waals surface area contributed by atoms with Gasteiger partial charge in [0.2, 0.25) is 17.1 Å². The molecule has 1 saturated heterocycles. The zero-order valence-electron chi connectivity index (χ0n) is 18.1. The third kappa shape index (κ3) is 3.35. The summed E-state index contributed by atoms with van der Waals surface area (Å²) in [7, 11) is 1.85. The van der Waals surface area contributed by atoms with Gasteiger partial charge in [0.05, 0.1) is 16.8 Å². The van der Waals surface area contributed by atoms with Crippen molar-refractivity contribution in [3.05, 3.63) is 69.9 Å². The molecule has 4 aromatic rings. The summed E-state index contributed by atoms with van der Waals surface area (Å²) >= 11 is 0. The fraction of sp³-hybridized carbons (Fsp3) is 0.304. The number of fused-ring (bicyclic) bond motifs is 1. The highest BCUT2D eigenvalue weighted by atomic mass is 16.5. The first-order valence-electron chi connectivity index (χ1n) is 10.4. The van der Waals surface area contributed by atoms with Gasteiger partial charge < -0.3 is 14.0 Å². The number of nitrogens with zero attached hydrogens (tertiary/aromatic N) is 6. The first kappa shape index (κ1) is 20.0. The molecule has 1 aromatic carbocycles. The Bertz CT molecular complexity index is 1410. The van der Waals surface area contributed by atoms with Crippen LogP contribution in [0.25, 0.3) is 22.3 Å². The molecule has 1 atom stereocenters. The van der Waals surface area contributed by atoms with E-state index in [1.807, 2.05) is 36.7 Å². The second-order valence-electron chi connectivity index (χ2n) is 8.20. The number of pyridine rings is 1. The van der Waals surface area contributed by atoms with E-state index >= 15 is 0 Å². The lowest BCUT2D eigenvalue weighted by Crippen LogP contribution is -2.33. The van der Waals surface area contributed by atoms with E-state index in [9.17, 15) is 9.59 Å². The Morgan fingerprint density at radius 1 is 1.25 bits per heavy atom. The van der Waals surface area contributed by atoms with Crippen molar-refractivity contribution in [2.45, 2.75) is 26.2 Å². The molecule has 162 valence electrons. The average molecular weight is 430 g/mol. The minimum atomic E-state index is -0.262. The van der Waals surface area contributed by atoms with Gasteiger partial charge >= 0.3 is 0 Å². The summed E-state index contributed by atoms with van der Waals surface area (Å²) in [5.41, 5.74) is 3.20. The number of likely N-dealkylation sites (tertiary alicyclic amines) is 1. The molecule has 1 aliphatic heterocycles. The Morgan fingerprint density at radius 3 is 2.88 bits per heavy atom. The third-order valence-electron chi connectivity index (χ3n) is 5.95. The fourth-order valence-electron chi connectivity index (χ4n) is 4.34. The molecule has 9 heteroatoms. The molecule has 0 saturated carbocycles. The Hall–Kier alpha value is -3.88. The van der Waals surface area contributed by atoms with Crippen molar-refractivity contribution in [1.29, 1.82) is 0 Å². The Balaban J connectivity index is 1.46. The molecular weight excluding hydrogens is 408 g/mol. The van der Waals surface area contributed by atoms with E-state index in [2.05, 4.69) is 20.1 Å². The van der Waals surface area contributed by atoms with Crippen molar-refractivity contribution in [1.82, 2.24) is 29.6 Å². The minimum Gasteiger partial charge on any atom is -0.350 e. The third-order valence-corrected chi connectivity index (χ3v) is 5.95. The molecule has 0 aliphatic carbocycles. The number of aryl methyl sites for hydroxylation is 3. The smallest absolute Gasteiger partial charge is 0.259 e. The molecular formula is C23H22N6O3. The summed E-state index contributed by atoms with van der Waals surface area (Å²) in [4.78, 5) is 41.0. The number of hydrogen-bond donors (Lipinski definition) is 0. The lowest BCUT2D eigenvalue weighted by molar-refractivity contribution is 0.0789. The topological polar surface area (TPSA) is 107 Å². The van der Waals surface area contributed by atoms with Crippen LogP contribution in [0.3, 0.4) is 0 Å². The van der Waals surface area contributed by atoms with Crippen molar-refractivity contribution < 1.29 is 9.32 Å². The number of benzene rings is 1. The molecule has 1 unspecified atom stereocenters. The van der Waals surface area contributed by atoms with Crippen LogP contribution >= 0.6 is 0 Å². The van der Waals surface area contributed by atoms with Crippen LogP contribution in [0.5, 0.6) is 0 Å². The molecule has 32 heavy (non-hydrogen) atoms. The maximum Gasteiger partial charge on any atom is 0.259 e.